The molecule has 0 aliphatic carbocycles. The average Bonchev–Trinajstić information content (AvgIpc) is 3.04. The van der Waals surface area contributed by atoms with Crippen LogP contribution in [0.3, 0.4) is 0 Å². The summed E-state index contributed by atoms with van der Waals surface area (Å²) in [4.78, 5) is 39.8. The third kappa shape index (κ3) is 8.64. The predicted octanol–water partition coefficient (Wildman–Crippen LogP) is 5.85. The first-order chi connectivity index (χ1) is 20.9. The molecule has 3 amide bonds. The van der Waals surface area contributed by atoms with Gasteiger partial charge in [-0.15, -0.1) is 11.8 Å². The maximum atomic E-state index is 13.5. The van der Waals surface area contributed by atoms with Crippen LogP contribution in [0.2, 0.25) is 0 Å². The maximum Gasteiger partial charge on any atom is 0.272 e. The van der Waals surface area contributed by atoms with Crippen molar-refractivity contribution in [3.63, 3.8) is 0 Å². The standard InChI is InChI=1S/C33H31N3O6S/c1-40-26-17-15-24(16-18-26)34-30(37)21-43-27-13-8-12-25(20-27)35-33(39)28(36-32(38)22-9-5-4-6-10-22)19-23-11-7-14-29(41-2)31(23)42-3/h4-20H,21H2,1-3H3,(H,34,37)(H,35,39)(H,36,38)/b28-19+. The van der Waals surface area contributed by atoms with E-state index in [2.05, 4.69) is 16.0 Å². The molecule has 3 N–H and O–H groups in total. The minimum Gasteiger partial charge on any atom is -0.497 e. The number of hydrogen-bond donors (Lipinski definition) is 3. The number of anilines is 2. The number of carbonyl (C=O) groups is 3. The molecule has 0 saturated carbocycles. The van der Waals surface area contributed by atoms with Gasteiger partial charge in [-0.3, -0.25) is 14.4 Å². The van der Waals surface area contributed by atoms with Crippen LogP contribution in [0.5, 0.6) is 17.2 Å². The van der Waals surface area contributed by atoms with Crippen LogP contribution < -0.4 is 30.2 Å². The van der Waals surface area contributed by atoms with Crippen LogP contribution in [-0.2, 0) is 9.59 Å². The lowest BCUT2D eigenvalue weighted by Crippen LogP contribution is -2.30. The van der Waals surface area contributed by atoms with Crippen LogP contribution in [0.15, 0.2) is 108 Å². The van der Waals surface area contributed by atoms with Crippen LogP contribution >= 0.6 is 11.8 Å². The summed E-state index contributed by atoms with van der Waals surface area (Å²) < 4.78 is 16.0. The smallest absolute Gasteiger partial charge is 0.272 e. The van der Waals surface area contributed by atoms with Gasteiger partial charge in [-0.25, -0.2) is 0 Å². The van der Waals surface area contributed by atoms with Crippen molar-refractivity contribution in [3.05, 3.63) is 114 Å². The van der Waals surface area contributed by atoms with E-state index in [0.717, 1.165) is 4.90 Å². The van der Waals surface area contributed by atoms with E-state index in [4.69, 9.17) is 14.2 Å². The molecule has 220 valence electrons. The zero-order chi connectivity index (χ0) is 30.6. The van der Waals surface area contributed by atoms with Crippen molar-refractivity contribution in [2.45, 2.75) is 4.90 Å². The molecular formula is C33H31N3O6S. The molecule has 0 saturated heterocycles. The van der Waals surface area contributed by atoms with Crippen molar-refractivity contribution < 1.29 is 28.6 Å². The van der Waals surface area contributed by atoms with Crippen LogP contribution in [-0.4, -0.2) is 44.8 Å². The zero-order valence-electron chi connectivity index (χ0n) is 23.9. The number of rotatable bonds is 12. The van der Waals surface area contributed by atoms with E-state index in [1.54, 1.807) is 98.1 Å². The second kappa shape index (κ2) is 15.1. The molecular weight excluding hydrogens is 566 g/mol. The lowest BCUT2D eigenvalue weighted by Gasteiger charge is -2.14. The number of thioether (sulfide) groups is 1. The molecule has 0 unspecified atom stereocenters. The minimum atomic E-state index is -0.548. The Balaban J connectivity index is 1.49. The molecule has 0 atom stereocenters. The zero-order valence-corrected chi connectivity index (χ0v) is 24.7. The topological polar surface area (TPSA) is 115 Å². The number of carbonyl (C=O) groups excluding carboxylic acids is 3. The first-order valence-electron chi connectivity index (χ1n) is 13.2. The lowest BCUT2D eigenvalue weighted by atomic mass is 10.1. The number of amides is 3. The summed E-state index contributed by atoms with van der Waals surface area (Å²) in [5.74, 6) is 0.584. The highest BCUT2D eigenvalue weighted by atomic mass is 32.2. The van der Waals surface area contributed by atoms with E-state index < -0.39 is 11.8 Å². The molecule has 43 heavy (non-hydrogen) atoms. The van der Waals surface area contributed by atoms with Gasteiger partial charge in [-0.1, -0.05) is 36.4 Å². The maximum absolute atomic E-state index is 13.5. The summed E-state index contributed by atoms with van der Waals surface area (Å²) in [5.41, 5.74) is 2.08. The molecule has 0 radical (unpaired) electrons. The van der Waals surface area contributed by atoms with Crippen molar-refractivity contribution >= 4 is 46.9 Å². The largest absolute Gasteiger partial charge is 0.497 e. The van der Waals surface area contributed by atoms with E-state index in [-0.39, 0.29) is 17.4 Å². The van der Waals surface area contributed by atoms with Crippen molar-refractivity contribution in [3.8, 4) is 17.2 Å². The third-order valence-electron chi connectivity index (χ3n) is 6.10. The highest BCUT2D eigenvalue weighted by Gasteiger charge is 2.17. The number of benzene rings is 4. The Morgan fingerprint density at radius 2 is 1.49 bits per heavy atom. The minimum absolute atomic E-state index is 0.00247. The van der Waals surface area contributed by atoms with Gasteiger partial charge < -0.3 is 30.2 Å². The van der Waals surface area contributed by atoms with Crippen LogP contribution in [0.1, 0.15) is 15.9 Å². The van der Waals surface area contributed by atoms with Crippen molar-refractivity contribution in [2.24, 2.45) is 0 Å². The van der Waals surface area contributed by atoms with Crippen LogP contribution in [0.25, 0.3) is 6.08 Å². The molecule has 4 rings (SSSR count). The molecule has 0 spiro atoms. The normalized spacial score (nSPS) is 10.8. The molecule has 0 aliphatic heterocycles. The second-order valence-corrected chi connectivity index (χ2v) is 10.1. The number of methoxy groups -OCH3 is 3. The summed E-state index contributed by atoms with van der Waals surface area (Å²) in [6, 6.07) is 28.0. The Bertz CT molecular complexity index is 1610. The van der Waals surface area contributed by atoms with Gasteiger partial charge in [-0.2, -0.15) is 0 Å². The Morgan fingerprint density at radius 1 is 0.744 bits per heavy atom. The average molecular weight is 598 g/mol. The molecule has 9 nitrogen and oxygen atoms in total. The molecule has 4 aromatic rings. The molecule has 0 aromatic heterocycles. The molecule has 0 heterocycles. The third-order valence-corrected chi connectivity index (χ3v) is 7.09. The summed E-state index contributed by atoms with van der Waals surface area (Å²) in [5, 5.41) is 8.41. The van der Waals surface area contributed by atoms with Gasteiger partial charge in [0.1, 0.15) is 11.4 Å². The fourth-order valence-corrected chi connectivity index (χ4v) is 4.76. The molecule has 0 bridgehead atoms. The monoisotopic (exact) mass is 597 g/mol. The van der Waals surface area contributed by atoms with E-state index in [9.17, 15) is 14.4 Å². The quantitative estimate of drug-likeness (QED) is 0.139. The molecule has 0 fully saturated rings. The Labute approximate surface area is 254 Å². The van der Waals surface area contributed by atoms with Crippen molar-refractivity contribution in [2.75, 3.05) is 37.7 Å². The number of hydrogen-bond acceptors (Lipinski definition) is 7. The highest BCUT2D eigenvalue weighted by molar-refractivity contribution is 8.00. The Morgan fingerprint density at radius 3 is 2.19 bits per heavy atom. The first kappa shape index (κ1) is 30.7. The van der Waals surface area contributed by atoms with E-state index >= 15 is 0 Å². The van der Waals surface area contributed by atoms with Crippen molar-refractivity contribution in [1.82, 2.24) is 5.32 Å². The van der Waals surface area contributed by atoms with Gasteiger partial charge >= 0.3 is 0 Å². The van der Waals surface area contributed by atoms with E-state index in [0.29, 0.717) is 39.8 Å². The summed E-state index contributed by atoms with van der Waals surface area (Å²) in [7, 11) is 4.60. The Hall–Kier alpha value is -5.22. The van der Waals surface area contributed by atoms with Gasteiger partial charge in [0.2, 0.25) is 5.91 Å². The SMILES string of the molecule is COc1ccc(NC(=O)CSc2cccc(NC(=O)/C(=C\c3cccc(OC)c3OC)NC(=O)c3ccccc3)c2)cc1. The molecule has 10 heteroatoms. The summed E-state index contributed by atoms with van der Waals surface area (Å²) in [6.45, 7) is 0. The number of ether oxygens (including phenoxy) is 3. The van der Waals surface area contributed by atoms with Gasteiger partial charge in [0.05, 0.1) is 27.1 Å². The fraction of sp³-hybridized carbons (Fsp3) is 0.121. The predicted molar refractivity (Wildman–Crippen MR) is 169 cm³/mol. The Kier molecular flexibility index (Phi) is 10.8. The second-order valence-electron chi connectivity index (χ2n) is 9.01. The highest BCUT2D eigenvalue weighted by Crippen LogP contribution is 2.32. The fourth-order valence-electron chi connectivity index (χ4n) is 4.01. The van der Waals surface area contributed by atoms with E-state index in [1.807, 2.05) is 6.07 Å². The molecule has 0 aliphatic rings. The summed E-state index contributed by atoms with van der Waals surface area (Å²) >= 11 is 1.32. The van der Waals surface area contributed by atoms with Gasteiger partial charge in [0, 0.05) is 27.4 Å². The number of para-hydroxylation sites is 1. The van der Waals surface area contributed by atoms with Gasteiger partial charge in [0.15, 0.2) is 11.5 Å². The first-order valence-corrected chi connectivity index (χ1v) is 14.2. The van der Waals surface area contributed by atoms with Gasteiger partial charge in [0.25, 0.3) is 11.8 Å². The van der Waals surface area contributed by atoms with Crippen LogP contribution in [0, 0.1) is 0 Å². The summed E-state index contributed by atoms with van der Waals surface area (Å²) in [6.07, 6.45) is 1.53. The number of nitrogens with one attached hydrogen (secondary N) is 3. The van der Waals surface area contributed by atoms with Crippen molar-refractivity contribution in [1.29, 1.82) is 0 Å². The van der Waals surface area contributed by atoms with E-state index in [1.165, 1.54) is 32.1 Å². The van der Waals surface area contributed by atoms with Gasteiger partial charge in [-0.05, 0) is 66.7 Å². The lowest BCUT2D eigenvalue weighted by molar-refractivity contribution is -0.114. The molecule has 4 aromatic carbocycles. The van der Waals surface area contributed by atoms with Crippen LogP contribution in [0.4, 0.5) is 11.4 Å².